The second kappa shape index (κ2) is 28.7. The lowest BCUT2D eigenvalue weighted by molar-refractivity contribution is 0.492. The highest BCUT2D eigenvalue weighted by molar-refractivity contribution is 6.72. The molecule has 0 saturated heterocycles. The Morgan fingerprint density at radius 2 is 0.457 bits per heavy atom. The van der Waals surface area contributed by atoms with Gasteiger partial charge in [0.1, 0.15) is 0 Å². The van der Waals surface area contributed by atoms with Gasteiger partial charge in [0, 0.05) is 0 Å². The minimum Gasteiger partial charge on any atom is -0.432 e. The predicted molar refractivity (Wildman–Crippen MR) is 164 cm³/mol. The highest BCUT2D eigenvalue weighted by atomic mass is 28.4. The van der Waals surface area contributed by atoms with Gasteiger partial charge >= 0.3 is 0 Å². The number of rotatable bonds is 30. The summed E-state index contributed by atoms with van der Waals surface area (Å²) in [6.07, 6.45) is 37.6. The molecule has 1 N–H and O–H groups in total. The first-order valence-electron chi connectivity index (χ1n) is 16.9. The van der Waals surface area contributed by atoms with E-state index in [1.807, 2.05) is 0 Å². The van der Waals surface area contributed by atoms with Crippen LogP contribution in [-0.2, 0) is 0 Å². The van der Waals surface area contributed by atoms with E-state index in [2.05, 4.69) is 20.8 Å². The van der Waals surface area contributed by atoms with Crippen molar-refractivity contribution < 1.29 is 4.80 Å². The molecule has 35 heavy (non-hydrogen) atoms. The first-order chi connectivity index (χ1) is 17.2. The smallest absolute Gasteiger partial charge is 0.188 e. The Morgan fingerprint density at radius 1 is 0.286 bits per heavy atom. The largest absolute Gasteiger partial charge is 0.432 e. The van der Waals surface area contributed by atoms with Crippen molar-refractivity contribution in [1.82, 2.24) is 0 Å². The Balaban J connectivity index is 4.05. The summed E-state index contributed by atoms with van der Waals surface area (Å²) in [4.78, 5) is 11.6. The van der Waals surface area contributed by atoms with Gasteiger partial charge < -0.3 is 4.80 Å². The summed E-state index contributed by atoms with van der Waals surface area (Å²) < 4.78 is 0. The van der Waals surface area contributed by atoms with Crippen LogP contribution in [0.2, 0.25) is 18.1 Å². The van der Waals surface area contributed by atoms with Gasteiger partial charge in [-0.05, 0) is 18.1 Å². The Hall–Kier alpha value is 0.177. The van der Waals surface area contributed by atoms with Crippen LogP contribution in [0.4, 0.5) is 0 Å². The molecular weight excluding hydrogens is 440 g/mol. The van der Waals surface area contributed by atoms with Crippen LogP contribution < -0.4 is 0 Å². The molecule has 1 nitrogen and oxygen atoms in total. The molecular formula is C33H70OSi. The second-order valence-electron chi connectivity index (χ2n) is 12.0. The van der Waals surface area contributed by atoms with Crippen molar-refractivity contribution in [2.75, 3.05) is 0 Å². The highest BCUT2D eigenvalue weighted by Crippen LogP contribution is 2.28. The number of hydrogen-bond donors (Lipinski definition) is 1. The summed E-state index contributed by atoms with van der Waals surface area (Å²) in [5.41, 5.74) is 0. The average Bonchev–Trinajstić information content (AvgIpc) is 2.86. The first-order valence-corrected chi connectivity index (χ1v) is 19.5. The lowest BCUT2D eigenvalue weighted by Gasteiger charge is -2.25. The quantitative estimate of drug-likeness (QED) is 0.0752. The van der Waals surface area contributed by atoms with E-state index in [0.717, 1.165) is 0 Å². The summed E-state index contributed by atoms with van der Waals surface area (Å²) in [5, 5.41) is 0. The fourth-order valence-electron chi connectivity index (χ4n) is 5.67. The van der Waals surface area contributed by atoms with Gasteiger partial charge in [-0.25, -0.2) is 0 Å². The van der Waals surface area contributed by atoms with E-state index in [1.54, 1.807) is 0 Å². The lowest BCUT2D eigenvalue weighted by atomic mass is 10.1. The third kappa shape index (κ3) is 27.0. The molecule has 0 spiro atoms. The van der Waals surface area contributed by atoms with Crippen LogP contribution in [0.25, 0.3) is 0 Å². The summed E-state index contributed by atoms with van der Waals surface area (Å²) >= 11 is 0. The molecule has 0 heterocycles. The van der Waals surface area contributed by atoms with Crippen LogP contribution in [0.15, 0.2) is 0 Å². The molecule has 0 bridgehead atoms. The van der Waals surface area contributed by atoms with E-state index in [1.165, 1.54) is 191 Å². The number of hydrogen-bond acceptors (Lipinski definition) is 1. The molecule has 0 amide bonds. The van der Waals surface area contributed by atoms with Crippen LogP contribution >= 0.6 is 0 Å². The Bertz CT molecular complexity index is 328. The van der Waals surface area contributed by atoms with Crippen molar-refractivity contribution in [3.8, 4) is 0 Å². The molecule has 0 aromatic heterocycles. The van der Waals surface area contributed by atoms with Gasteiger partial charge in [0.15, 0.2) is 8.32 Å². The van der Waals surface area contributed by atoms with Crippen molar-refractivity contribution in [1.29, 1.82) is 0 Å². The first kappa shape index (κ1) is 35.2. The molecule has 0 aliphatic carbocycles. The van der Waals surface area contributed by atoms with Crippen LogP contribution in [0, 0.1) is 0 Å². The third-order valence-electron chi connectivity index (χ3n) is 8.24. The molecule has 0 radical (unpaired) electrons. The maximum atomic E-state index is 11.6. The third-order valence-corrected chi connectivity index (χ3v) is 12.1. The van der Waals surface area contributed by atoms with Crippen LogP contribution in [0.5, 0.6) is 0 Å². The van der Waals surface area contributed by atoms with Crippen LogP contribution in [-0.4, -0.2) is 13.1 Å². The maximum absolute atomic E-state index is 11.6. The van der Waals surface area contributed by atoms with Gasteiger partial charge in [0.05, 0.1) is 0 Å². The minimum atomic E-state index is -2.01. The molecule has 0 atom stereocenters. The Morgan fingerprint density at radius 3 is 0.657 bits per heavy atom. The molecule has 0 aromatic carbocycles. The summed E-state index contributed by atoms with van der Waals surface area (Å²) in [5.74, 6) is 0. The fraction of sp³-hybridized carbons (Fsp3) is 1.00. The van der Waals surface area contributed by atoms with E-state index in [0.29, 0.717) is 0 Å². The SMILES string of the molecule is CCCCCCCCCCC[Si](O)(CCCCCCCCCCC)CCCCCCCCCCC. The average molecular weight is 511 g/mol. The molecule has 0 aliphatic heterocycles. The zero-order valence-electron chi connectivity index (χ0n) is 25.2. The zero-order valence-corrected chi connectivity index (χ0v) is 26.2. The molecule has 0 unspecified atom stereocenters. The van der Waals surface area contributed by atoms with Gasteiger partial charge in [-0.15, -0.1) is 0 Å². The number of unbranched alkanes of at least 4 members (excludes halogenated alkanes) is 24. The van der Waals surface area contributed by atoms with E-state index in [9.17, 15) is 4.80 Å². The second-order valence-corrected chi connectivity index (χ2v) is 15.9. The van der Waals surface area contributed by atoms with Gasteiger partial charge in [0.25, 0.3) is 0 Å². The molecule has 0 aliphatic rings. The molecule has 2 heteroatoms. The van der Waals surface area contributed by atoms with Crippen LogP contribution in [0.1, 0.15) is 194 Å². The maximum Gasteiger partial charge on any atom is 0.188 e. The predicted octanol–water partition coefficient (Wildman–Crippen LogP) is 12.5. The van der Waals surface area contributed by atoms with E-state index in [4.69, 9.17) is 0 Å². The van der Waals surface area contributed by atoms with Crippen molar-refractivity contribution in [2.24, 2.45) is 0 Å². The van der Waals surface area contributed by atoms with Gasteiger partial charge in [-0.1, -0.05) is 194 Å². The summed E-state index contributed by atoms with van der Waals surface area (Å²) in [6.45, 7) is 6.90. The summed E-state index contributed by atoms with van der Waals surface area (Å²) in [6, 6.07) is 3.57. The highest BCUT2D eigenvalue weighted by Gasteiger charge is 2.29. The minimum absolute atomic E-state index is 1.19. The molecule has 0 aromatic rings. The molecule has 212 valence electrons. The summed E-state index contributed by atoms with van der Waals surface area (Å²) in [7, 11) is -2.01. The van der Waals surface area contributed by atoms with Gasteiger partial charge in [-0.2, -0.15) is 0 Å². The van der Waals surface area contributed by atoms with E-state index in [-0.39, 0.29) is 0 Å². The standard InChI is InChI=1S/C33H70OSi/c1-4-7-10-13-16-19-22-25-28-31-35(34,32-29-26-23-20-17-14-11-8-5-2)33-30-27-24-21-18-15-12-9-6-3/h34H,4-33H2,1-3H3. The van der Waals surface area contributed by atoms with E-state index >= 15 is 0 Å². The normalized spacial score (nSPS) is 12.0. The fourth-order valence-corrected chi connectivity index (χ4v) is 9.14. The van der Waals surface area contributed by atoms with Gasteiger partial charge in [0.2, 0.25) is 0 Å². The van der Waals surface area contributed by atoms with Gasteiger partial charge in [-0.3, -0.25) is 0 Å². The molecule has 0 saturated carbocycles. The Labute approximate surface area is 225 Å². The van der Waals surface area contributed by atoms with Crippen LogP contribution in [0.3, 0.4) is 0 Å². The topological polar surface area (TPSA) is 20.2 Å². The van der Waals surface area contributed by atoms with E-state index < -0.39 is 8.32 Å². The molecule has 0 rings (SSSR count). The molecule has 0 fully saturated rings. The monoisotopic (exact) mass is 511 g/mol. The van der Waals surface area contributed by atoms with Crippen molar-refractivity contribution in [2.45, 2.75) is 212 Å². The Kier molecular flexibility index (Phi) is 28.9. The lowest BCUT2D eigenvalue weighted by Crippen LogP contribution is -2.34. The zero-order chi connectivity index (χ0) is 25.7. The van der Waals surface area contributed by atoms with Crippen molar-refractivity contribution in [3.63, 3.8) is 0 Å². The van der Waals surface area contributed by atoms with Crippen molar-refractivity contribution in [3.05, 3.63) is 0 Å². The van der Waals surface area contributed by atoms with Crippen molar-refractivity contribution >= 4 is 8.32 Å².